The van der Waals surface area contributed by atoms with E-state index in [1.54, 1.807) is 20.1 Å². The van der Waals surface area contributed by atoms with E-state index in [1.807, 2.05) is 55.5 Å². The molecule has 0 saturated carbocycles. The zero-order valence-electron chi connectivity index (χ0n) is 16.3. The minimum Gasteiger partial charge on any atom is -0.497 e. The topological polar surface area (TPSA) is 76.1 Å². The Bertz CT molecular complexity index is 938. The lowest BCUT2D eigenvalue weighted by Gasteiger charge is -2.10. The van der Waals surface area contributed by atoms with Gasteiger partial charge in [-0.1, -0.05) is 29.8 Å². The van der Waals surface area contributed by atoms with Crippen LogP contribution in [0.4, 0.5) is 11.5 Å². The molecule has 1 heterocycles. The Morgan fingerprint density at radius 3 is 2.39 bits per heavy atom. The number of benzene rings is 2. The fraction of sp³-hybridized carbons (Fsp3) is 0.227. The summed E-state index contributed by atoms with van der Waals surface area (Å²) < 4.78 is 5.15. The van der Waals surface area contributed by atoms with Crippen LogP contribution in [0.1, 0.15) is 27.4 Å². The molecule has 0 aliphatic rings. The average molecular weight is 376 g/mol. The third-order valence-electron chi connectivity index (χ3n) is 4.25. The van der Waals surface area contributed by atoms with E-state index >= 15 is 0 Å². The molecule has 0 bridgehead atoms. The van der Waals surface area contributed by atoms with Crippen LogP contribution in [-0.2, 0) is 6.42 Å². The van der Waals surface area contributed by atoms with Gasteiger partial charge in [0.1, 0.15) is 23.1 Å². The first-order valence-corrected chi connectivity index (χ1v) is 9.14. The Kier molecular flexibility index (Phi) is 6.22. The number of rotatable bonds is 7. The van der Waals surface area contributed by atoms with Crippen LogP contribution >= 0.6 is 0 Å². The maximum Gasteiger partial charge on any atom is 0.270 e. The first-order chi connectivity index (χ1) is 13.5. The summed E-state index contributed by atoms with van der Waals surface area (Å²) in [6.07, 6.45) is 0.730. The number of hydrogen-bond donors (Lipinski definition) is 2. The van der Waals surface area contributed by atoms with E-state index in [1.165, 1.54) is 5.56 Å². The summed E-state index contributed by atoms with van der Waals surface area (Å²) in [7, 11) is 1.64. The van der Waals surface area contributed by atoms with Gasteiger partial charge in [-0.15, -0.1) is 0 Å². The molecule has 0 aliphatic carbocycles. The lowest BCUT2D eigenvalue weighted by atomic mass is 10.1. The Hall–Kier alpha value is -3.41. The average Bonchev–Trinajstić information content (AvgIpc) is 2.70. The van der Waals surface area contributed by atoms with Crippen molar-refractivity contribution in [2.75, 3.05) is 19.0 Å². The van der Waals surface area contributed by atoms with Crippen molar-refractivity contribution in [3.05, 3.63) is 77.2 Å². The molecule has 28 heavy (non-hydrogen) atoms. The molecule has 1 amide bonds. The number of carbonyl (C=O) groups is 1. The molecular formula is C22H24N4O2. The SMILES string of the molecule is COc1ccc(CCNC(=O)c2cc(Nc3ccc(C)cc3)nc(C)n2)cc1. The second-order valence-electron chi connectivity index (χ2n) is 6.53. The van der Waals surface area contributed by atoms with E-state index in [0.717, 1.165) is 23.4 Å². The lowest BCUT2D eigenvalue weighted by Crippen LogP contribution is -2.27. The second kappa shape index (κ2) is 8.99. The highest BCUT2D eigenvalue weighted by atomic mass is 16.5. The van der Waals surface area contributed by atoms with Crippen molar-refractivity contribution < 1.29 is 9.53 Å². The Labute approximate surface area is 165 Å². The Morgan fingerprint density at radius 2 is 1.71 bits per heavy atom. The van der Waals surface area contributed by atoms with Gasteiger partial charge in [-0.2, -0.15) is 0 Å². The maximum atomic E-state index is 12.5. The van der Waals surface area contributed by atoms with Crippen LogP contribution in [0.5, 0.6) is 5.75 Å². The molecule has 3 rings (SSSR count). The quantitative estimate of drug-likeness (QED) is 0.656. The largest absolute Gasteiger partial charge is 0.497 e. The predicted molar refractivity (Wildman–Crippen MR) is 110 cm³/mol. The second-order valence-corrected chi connectivity index (χ2v) is 6.53. The van der Waals surface area contributed by atoms with Crippen LogP contribution in [0, 0.1) is 13.8 Å². The third-order valence-corrected chi connectivity index (χ3v) is 4.25. The normalized spacial score (nSPS) is 10.4. The molecule has 2 N–H and O–H groups in total. The van der Waals surface area contributed by atoms with Gasteiger partial charge in [0, 0.05) is 18.3 Å². The molecule has 0 radical (unpaired) electrons. The number of carbonyl (C=O) groups excluding carboxylic acids is 1. The molecule has 0 atom stereocenters. The first-order valence-electron chi connectivity index (χ1n) is 9.14. The number of amides is 1. The van der Waals surface area contributed by atoms with E-state index in [4.69, 9.17) is 4.74 Å². The number of nitrogens with one attached hydrogen (secondary N) is 2. The van der Waals surface area contributed by atoms with Crippen LogP contribution < -0.4 is 15.4 Å². The van der Waals surface area contributed by atoms with Crippen LogP contribution in [0.2, 0.25) is 0 Å². The molecule has 2 aromatic carbocycles. The number of ether oxygens (including phenoxy) is 1. The van der Waals surface area contributed by atoms with Gasteiger partial charge < -0.3 is 15.4 Å². The first kappa shape index (κ1) is 19.4. The van der Waals surface area contributed by atoms with E-state index < -0.39 is 0 Å². The number of nitrogens with zero attached hydrogens (tertiary/aromatic N) is 2. The fourth-order valence-electron chi connectivity index (χ4n) is 2.74. The lowest BCUT2D eigenvalue weighted by molar-refractivity contribution is 0.0949. The molecule has 0 aliphatic heterocycles. The number of aromatic nitrogens is 2. The molecule has 0 saturated heterocycles. The van der Waals surface area contributed by atoms with Gasteiger partial charge in [-0.25, -0.2) is 9.97 Å². The van der Waals surface area contributed by atoms with Crippen LogP contribution in [0.25, 0.3) is 0 Å². The molecule has 0 fully saturated rings. The third kappa shape index (κ3) is 5.30. The molecule has 0 unspecified atom stereocenters. The maximum absolute atomic E-state index is 12.5. The fourth-order valence-corrected chi connectivity index (χ4v) is 2.74. The summed E-state index contributed by atoms with van der Waals surface area (Å²) in [5.74, 6) is 1.73. The summed E-state index contributed by atoms with van der Waals surface area (Å²) in [5.41, 5.74) is 3.56. The minimum atomic E-state index is -0.217. The van der Waals surface area contributed by atoms with Crippen LogP contribution in [0.3, 0.4) is 0 Å². The Balaban J connectivity index is 1.60. The number of hydrogen-bond acceptors (Lipinski definition) is 5. The van der Waals surface area contributed by atoms with Crippen LogP contribution in [-0.4, -0.2) is 29.5 Å². The van der Waals surface area contributed by atoms with Crippen LogP contribution in [0.15, 0.2) is 54.6 Å². The highest BCUT2D eigenvalue weighted by Gasteiger charge is 2.10. The summed E-state index contributed by atoms with van der Waals surface area (Å²) in [5, 5.41) is 6.13. The zero-order chi connectivity index (χ0) is 19.9. The van der Waals surface area contributed by atoms with Gasteiger partial charge in [0.25, 0.3) is 5.91 Å². The van der Waals surface area contributed by atoms with Crippen molar-refractivity contribution in [1.82, 2.24) is 15.3 Å². The number of methoxy groups -OCH3 is 1. The Morgan fingerprint density at radius 1 is 1.00 bits per heavy atom. The summed E-state index contributed by atoms with van der Waals surface area (Å²) in [4.78, 5) is 21.1. The van der Waals surface area contributed by atoms with E-state index in [0.29, 0.717) is 23.9 Å². The van der Waals surface area contributed by atoms with Crippen molar-refractivity contribution in [2.45, 2.75) is 20.3 Å². The van der Waals surface area contributed by atoms with Gasteiger partial charge in [-0.3, -0.25) is 4.79 Å². The van der Waals surface area contributed by atoms with Crippen molar-refractivity contribution >= 4 is 17.4 Å². The molecule has 0 spiro atoms. The standard InChI is InChI=1S/C22H24N4O2/c1-15-4-8-18(9-5-15)26-21-14-20(24-16(2)25-21)22(27)23-13-12-17-6-10-19(28-3)11-7-17/h4-11,14H,12-13H2,1-3H3,(H,23,27)(H,24,25,26). The molecule has 6 nitrogen and oxygen atoms in total. The van der Waals surface area contributed by atoms with Crippen molar-refractivity contribution in [1.29, 1.82) is 0 Å². The highest BCUT2D eigenvalue weighted by Crippen LogP contribution is 2.16. The van der Waals surface area contributed by atoms with Gasteiger partial charge in [0.15, 0.2) is 0 Å². The molecule has 3 aromatic rings. The molecule has 144 valence electrons. The van der Waals surface area contributed by atoms with Gasteiger partial charge in [0.05, 0.1) is 7.11 Å². The summed E-state index contributed by atoms with van der Waals surface area (Å²) in [6, 6.07) is 17.4. The van der Waals surface area contributed by atoms with E-state index in [-0.39, 0.29) is 5.91 Å². The summed E-state index contributed by atoms with van der Waals surface area (Å²) in [6.45, 7) is 4.33. The van der Waals surface area contributed by atoms with Gasteiger partial charge in [-0.05, 0) is 50.1 Å². The highest BCUT2D eigenvalue weighted by molar-refractivity contribution is 5.93. The van der Waals surface area contributed by atoms with E-state index in [9.17, 15) is 4.79 Å². The number of aryl methyl sites for hydroxylation is 2. The zero-order valence-corrected chi connectivity index (χ0v) is 16.3. The molecule has 6 heteroatoms. The minimum absolute atomic E-state index is 0.217. The van der Waals surface area contributed by atoms with Crippen molar-refractivity contribution in [2.24, 2.45) is 0 Å². The predicted octanol–water partition coefficient (Wildman–Crippen LogP) is 3.82. The van der Waals surface area contributed by atoms with Crippen molar-refractivity contribution in [3.8, 4) is 5.75 Å². The summed E-state index contributed by atoms with van der Waals surface area (Å²) >= 11 is 0. The van der Waals surface area contributed by atoms with Crippen molar-refractivity contribution in [3.63, 3.8) is 0 Å². The van der Waals surface area contributed by atoms with Gasteiger partial charge in [0.2, 0.25) is 0 Å². The monoisotopic (exact) mass is 376 g/mol. The number of anilines is 2. The van der Waals surface area contributed by atoms with Gasteiger partial charge >= 0.3 is 0 Å². The molecular weight excluding hydrogens is 352 g/mol. The van der Waals surface area contributed by atoms with E-state index in [2.05, 4.69) is 20.6 Å². The smallest absolute Gasteiger partial charge is 0.270 e. The molecule has 1 aromatic heterocycles.